The van der Waals surface area contributed by atoms with E-state index >= 15 is 0 Å². The summed E-state index contributed by atoms with van der Waals surface area (Å²) in [6.07, 6.45) is 0.774. The van der Waals surface area contributed by atoms with E-state index in [1.54, 1.807) is 6.07 Å². The molecule has 2 aromatic rings. The van der Waals surface area contributed by atoms with Crippen molar-refractivity contribution in [2.45, 2.75) is 33.0 Å². The van der Waals surface area contributed by atoms with Crippen LogP contribution in [0.1, 0.15) is 29.8 Å². The van der Waals surface area contributed by atoms with Crippen LogP contribution in [-0.4, -0.2) is 25.2 Å². The van der Waals surface area contributed by atoms with Gasteiger partial charge in [0.2, 0.25) is 0 Å². The lowest BCUT2D eigenvalue weighted by atomic mass is 10.1. The summed E-state index contributed by atoms with van der Waals surface area (Å²) in [6, 6.07) is 13.4. The first-order chi connectivity index (χ1) is 11.9. The standard InChI is InChI=1S/C19H21F2NO3/c1-13(2)24-16-8-6-14(7-9-16)10-11-22-18(23)15-4-3-5-17(12-15)25-19(20)21/h3-9,12-13,19H,10-11H2,1-2H3,(H,22,23). The van der Waals surface area contributed by atoms with E-state index in [0.29, 0.717) is 13.0 Å². The summed E-state index contributed by atoms with van der Waals surface area (Å²) < 4.78 is 34.3. The summed E-state index contributed by atoms with van der Waals surface area (Å²) >= 11 is 0. The van der Waals surface area contributed by atoms with Crippen LogP contribution in [0.25, 0.3) is 0 Å². The van der Waals surface area contributed by atoms with Crippen LogP contribution in [0.2, 0.25) is 0 Å². The van der Waals surface area contributed by atoms with Gasteiger partial charge in [-0.05, 0) is 56.2 Å². The zero-order valence-electron chi connectivity index (χ0n) is 14.2. The minimum Gasteiger partial charge on any atom is -0.491 e. The van der Waals surface area contributed by atoms with Gasteiger partial charge >= 0.3 is 6.61 Å². The maximum atomic E-state index is 12.2. The molecule has 0 atom stereocenters. The van der Waals surface area contributed by atoms with E-state index in [1.165, 1.54) is 18.2 Å². The van der Waals surface area contributed by atoms with Crippen LogP contribution < -0.4 is 14.8 Å². The van der Waals surface area contributed by atoms with Gasteiger partial charge in [-0.2, -0.15) is 8.78 Å². The van der Waals surface area contributed by atoms with E-state index in [9.17, 15) is 13.6 Å². The quantitative estimate of drug-likeness (QED) is 0.782. The Morgan fingerprint density at radius 3 is 2.40 bits per heavy atom. The van der Waals surface area contributed by atoms with E-state index in [1.807, 2.05) is 38.1 Å². The van der Waals surface area contributed by atoms with Crippen molar-refractivity contribution in [2.75, 3.05) is 6.54 Å². The van der Waals surface area contributed by atoms with Crippen molar-refractivity contribution in [2.24, 2.45) is 0 Å². The van der Waals surface area contributed by atoms with Crippen molar-refractivity contribution in [1.29, 1.82) is 0 Å². The number of carbonyl (C=O) groups is 1. The molecule has 134 valence electrons. The topological polar surface area (TPSA) is 47.6 Å². The molecule has 0 bridgehead atoms. The monoisotopic (exact) mass is 349 g/mol. The summed E-state index contributed by atoms with van der Waals surface area (Å²) in [5, 5.41) is 2.76. The molecule has 0 aliphatic rings. The fraction of sp³-hybridized carbons (Fsp3) is 0.316. The zero-order valence-corrected chi connectivity index (χ0v) is 14.2. The van der Waals surface area contributed by atoms with Crippen molar-refractivity contribution in [3.05, 3.63) is 59.7 Å². The van der Waals surface area contributed by atoms with Gasteiger partial charge in [-0.25, -0.2) is 0 Å². The first-order valence-corrected chi connectivity index (χ1v) is 8.02. The summed E-state index contributed by atoms with van der Waals surface area (Å²) in [4.78, 5) is 12.1. The van der Waals surface area contributed by atoms with E-state index in [2.05, 4.69) is 10.1 Å². The molecule has 2 rings (SSSR count). The molecule has 0 aromatic heterocycles. The van der Waals surface area contributed by atoms with Crippen molar-refractivity contribution >= 4 is 5.91 Å². The molecule has 0 spiro atoms. The van der Waals surface area contributed by atoms with Gasteiger partial charge in [0.15, 0.2) is 0 Å². The highest BCUT2D eigenvalue weighted by Gasteiger charge is 2.09. The third kappa shape index (κ3) is 6.41. The minimum absolute atomic E-state index is 0.0385. The molecule has 4 nitrogen and oxygen atoms in total. The van der Waals surface area contributed by atoms with E-state index < -0.39 is 6.61 Å². The molecular formula is C19H21F2NO3. The zero-order chi connectivity index (χ0) is 18.2. The number of nitrogens with one attached hydrogen (secondary N) is 1. The highest BCUT2D eigenvalue weighted by Crippen LogP contribution is 2.16. The lowest BCUT2D eigenvalue weighted by molar-refractivity contribution is -0.0498. The maximum Gasteiger partial charge on any atom is 0.387 e. The molecular weight excluding hydrogens is 328 g/mol. The van der Waals surface area contributed by atoms with Crippen molar-refractivity contribution < 1.29 is 23.0 Å². The molecule has 0 heterocycles. The van der Waals surface area contributed by atoms with Crippen LogP contribution in [0, 0.1) is 0 Å². The van der Waals surface area contributed by atoms with Crippen molar-refractivity contribution in [3.8, 4) is 11.5 Å². The van der Waals surface area contributed by atoms with Gasteiger partial charge in [0, 0.05) is 12.1 Å². The molecule has 0 fully saturated rings. The molecule has 0 saturated carbocycles. The van der Waals surface area contributed by atoms with Crippen LogP contribution in [0.5, 0.6) is 11.5 Å². The second-order valence-electron chi connectivity index (χ2n) is 5.72. The van der Waals surface area contributed by atoms with Crippen LogP contribution in [0.3, 0.4) is 0 Å². The molecule has 0 unspecified atom stereocenters. The summed E-state index contributed by atoms with van der Waals surface area (Å²) in [5.74, 6) is 0.432. The SMILES string of the molecule is CC(C)Oc1ccc(CCNC(=O)c2cccc(OC(F)F)c2)cc1. The van der Waals surface area contributed by atoms with Crippen LogP contribution in [0.4, 0.5) is 8.78 Å². The summed E-state index contributed by atoms with van der Waals surface area (Å²) in [6.45, 7) is 1.44. The largest absolute Gasteiger partial charge is 0.491 e. The third-order valence-electron chi connectivity index (χ3n) is 3.32. The van der Waals surface area contributed by atoms with Crippen molar-refractivity contribution in [1.82, 2.24) is 5.32 Å². The number of ether oxygens (including phenoxy) is 2. The number of hydrogen-bond donors (Lipinski definition) is 1. The van der Waals surface area contributed by atoms with Crippen LogP contribution >= 0.6 is 0 Å². The molecule has 0 aliphatic carbocycles. The Kier molecular flexibility index (Phi) is 6.74. The van der Waals surface area contributed by atoms with Crippen LogP contribution in [0.15, 0.2) is 48.5 Å². The Labute approximate surface area is 145 Å². The Bertz CT molecular complexity index is 687. The number of benzene rings is 2. The van der Waals surface area contributed by atoms with Gasteiger partial charge in [0.1, 0.15) is 11.5 Å². The lowest BCUT2D eigenvalue weighted by Gasteiger charge is -2.10. The number of rotatable bonds is 8. The number of halogens is 2. The number of hydrogen-bond acceptors (Lipinski definition) is 3. The van der Waals surface area contributed by atoms with E-state index in [-0.39, 0.29) is 23.3 Å². The lowest BCUT2D eigenvalue weighted by Crippen LogP contribution is -2.25. The van der Waals surface area contributed by atoms with Crippen molar-refractivity contribution in [3.63, 3.8) is 0 Å². The Balaban J connectivity index is 1.84. The second kappa shape index (κ2) is 9.01. The molecule has 0 aliphatic heterocycles. The Hall–Kier alpha value is -2.63. The van der Waals surface area contributed by atoms with E-state index in [4.69, 9.17) is 4.74 Å². The highest BCUT2D eigenvalue weighted by molar-refractivity contribution is 5.94. The fourth-order valence-electron chi connectivity index (χ4n) is 2.24. The average Bonchev–Trinajstić information content (AvgIpc) is 2.55. The molecule has 0 radical (unpaired) electrons. The number of amides is 1. The minimum atomic E-state index is -2.92. The second-order valence-corrected chi connectivity index (χ2v) is 5.72. The number of alkyl halides is 2. The molecule has 1 N–H and O–H groups in total. The average molecular weight is 349 g/mol. The van der Waals surface area contributed by atoms with Gasteiger partial charge in [0.25, 0.3) is 5.91 Å². The summed E-state index contributed by atoms with van der Waals surface area (Å²) in [7, 11) is 0. The first kappa shape index (κ1) is 18.7. The fourth-order valence-corrected chi connectivity index (χ4v) is 2.24. The normalized spacial score (nSPS) is 10.8. The summed E-state index contributed by atoms with van der Waals surface area (Å²) in [5.41, 5.74) is 1.34. The van der Waals surface area contributed by atoms with Gasteiger partial charge in [0.05, 0.1) is 6.10 Å². The Morgan fingerprint density at radius 1 is 1.04 bits per heavy atom. The molecule has 25 heavy (non-hydrogen) atoms. The third-order valence-corrected chi connectivity index (χ3v) is 3.32. The molecule has 2 aromatic carbocycles. The van der Waals surface area contributed by atoms with Gasteiger partial charge in [-0.3, -0.25) is 4.79 Å². The number of carbonyl (C=O) groups excluding carboxylic acids is 1. The molecule has 0 saturated heterocycles. The van der Waals surface area contributed by atoms with Gasteiger partial charge < -0.3 is 14.8 Å². The van der Waals surface area contributed by atoms with Crippen LogP contribution in [-0.2, 0) is 6.42 Å². The highest BCUT2D eigenvalue weighted by atomic mass is 19.3. The van der Waals surface area contributed by atoms with Gasteiger partial charge in [-0.15, -0.1) is 0 Å². The van der Waals surface area contributed by atoms with Gasteiger partial charge in [-0.1, -0.05) is 18.2 Å². The molecule has 6 heteroatoms. The Morgan fingerprint density at radius 2 is 1.76 bits per heavy atom. The molecule has 1 amide bonds. The predicted octanol–water partition coefficient (Wildman–Crippen LogP) is 4.05. The smallest absolute Gasteiger partial charge is 0.387 e. The predicted molar refractivity (Wildman–Crippen MR) is 91.3 cm³/mol. The first-order valence-electron chi connectivity index (χ1n) is 8.02. The maximum absolute atomic E-state index is 12.2. The van der Waals surface area contributed by atoms with E-state index in [0.717, 1.165) is 11.3 Å².